The minimum absolute atomic E-state index is 0. The van der Waals surface area contributed by atoms with E-state index in [-0.39, 0.29) is 36.5 Å². The summed E-state index contributed by atoms with van der Waals surface area (Å²) < 4.78 is 42.8. The molecule has 0 saturated carbocycles. The van der Waals surface area contributed by atoms with E-state index in [1.165, 1.54) is 10.9 Å². The molecule has 27 heavy (non-hydrogen) atoms. The van der Waals surface area contributed by atoms with Gasteiger partial charge in [0.1, 0.15) is 6.61 Å². The third-order valence-corrected chi connectivity index (χ3v) is 4.48. The van der Waals surface area contributed by atoms with Gasteiger partial charge in [-0.1, -0.05) is 6.07 Å². The van der Waals surface area contributed by atoms with Crippen molar-refractivity contribution in [2.24, 2.45) is 4.99 Å². The smallest absolute Gasteiger partial charge is 0.417 e. The highest BCUT2D eigenvalue weighted by Crippen LogP contribution is 2.29. The number of aromatic nitrogens is 1. The molecule has 0 spiro atoms. The number of pyridine rings is 1. The first-order valence-corrected chi connectivity index (χ1v) is 8.88. The molecule has 10 heteroatoms. The van der Waals surface area contributed by atoms with Gasteiger partial charge in [0.15, 0.2) is 5.96 Å². The lowest BCUT2D eigenvalue weighted by Crippen LogP contribution is -2.41. The zero-order valence-corrected chi connectivity index (χ0v) is 18.1. The SMILES string of the molecule is CN=C(NCCOc1ccc(C(F)(F)F)cn1)N(C)CCc1cccs1.I. The van der Waals surface area contributed by atoms with Crippen LogP contribution in [0.25, 0.3) is 0 Å². The minimum atomic E-state index is -4.40. The minimum Gasteiger partial charge on any atom is -0.476 e. The molecule has 0 fully saturated rings. The van der Waals surface area contributed by atoms with Gasteiger partial charge in [-0.25, -0.2) is 4.98 Å². The average Bonchev–Trinajstić information content (AvgIpc) is 3.13. The summed E-state index contributed by atoms with van der Waals surface area (Å²) in [6, 6.07) is 6.29. The van der Waals surface area contributed by atoms with Gasteiger partial charge in [-0.3, -0.25) is 4.99 Å². The Morgan fingerprint density at radius 2 is 2.11 bits per heavy atom. The second kappa shape index (κ2) is 11.3. The Bertz CT molecular complexity index is 693. The van der Waals surface area contributed by atoms with Gasteiger partial charge in [0.05, 0.1) is 12.1 Å². The summed E-state index contributed by atoms with van der Waals surface area (Å²) in [4.78, 5) is 11.2. The van der Waals surface area contributed by atoms with Gasteiger partial charge in [0, 0.05) is 37.8 Å². The molecule has 2 rings (SSSR count). The monoisotopic (exact) mass is 514 g/mol. The summed E-state index contributed by atoms with van der Waals surface area (Å²) in [7, 11) is 3.64. The Hall–Kier alpha value is -1.56. The number of rotatable bonds is 7. The van der Waals surface area contributed by atoms with E-state index in [2.05, 4.69) is 26.7 Å². The molecule has 2 aromatic rings. The summed E-state index contributed by atoms with van der Waals surface area (Å²) in [5.74, 6) is 0.881. The Kier molecular flexibility index (Phi) is 9.84. The van der Waals surface area contributed by atoms with E-state index in [9.17, 15) is 13.2 Å². The molecule has 0 bridgehead atoms. The number of hydrogen-bond donors (Lipinski definition) is 1. The van der Waals surface area contributed by atoms with E-state index in [1.807, 2.05) is 18.0 Å². The van der Waals surface area contributed by atoms with Crippen molar-refractivity contribution in [2.45, 2.75) is 12.6 Å². The van der Waals surface area contributed by atoms with Gasteiger partial charge in [0.25, 0.3) is 0 Å². The van der Waals surface area contributed by atoms with Crippen LogP contribution in [0, 0.1) is 0 Å². The fourth-order valence-electron chi connectivity index (χ4n) is 2.18. The van der Waals surface area contributed by atoms with E-state index in [4.69, 9.17) is 4.74 Å². The van der Waals surface area contributed by atoms with Crippen LogP contribution in [0.3, 0.4) is 0 Å². The van der Waals surface area contributed by atoms with Crippen LogP contribution in [0.15, 0.2) is 40.8 Å². The normalized spacial score (nSPS) is 11.7. The number of alkyl halides is 3. The Morgan fingerprint density at radius 3 is 2.67 bits per heavy atom. The van der Waals surface area contributed by atoms with Crippen LogP contribution in [0.4, 0.5) is 13.2 Å². The molecule has 5 nitrogen and oxygen atoms in total. The van der Waals surface area contributed by atoms with Crippen LogP contribution in [0.1, 0.15) is 10.4 Å². The lowest BCUT2D eigenvalue weighted by atomic mass is 10.3. The van der Waals surface area contributed by atoms with Crippen LogP contribution >= 0.6 is 35.3 Å². The predicted octanol–water partition coefficient (Wildman–Crippen LogP) is 3.91. The molecular formula is C17H22F3IN4OS. The molecule has 2 heterocycles. The topological polar surface area (TPSA) is 49.8 Å². The molecule has 0 aliphatic rings. The highest BCUT2D eigenvalue weighted by molar-refractivity contribution is 14.0. The van der Waals surface area contributed by atoms with Crippen LogP contribution in [0.5, 0.6) is 5.88 Å². The van der Waals surface area contributed by atoms with Gasteiger partial charge in [0.2, 0.25) is 5.88 Å². The maximum Gasteiger partial charge on any atom is 0.417 e. The quantitative estimate of drug-likeness (QED) is 0.264. The van der Waals surface area contributed by atoms with Crippen molar-refractivity contribution in [3.8, 4) is 5.88 Å². The average molecular weight is 514 g/mol. The zero-order valence-electron chi connectivity index (χ0n) is 15.0. The van der Waals surface area contributed by atoms with E-state index >= 15 is 0 Å². The highest BCUT2D eigenvalue weighted by Gasteiger charge is 2.30. The summed E-state index contributed by atoms with van der Waals surface area (Å²) in [6.45, 7) is 1.54. The van der Waals surface area contributed by atoms with Crippen LogP contribution in [-0.4, -0.2) is 49.6 Å². The first-order chi connectivity index (χ1) is 12.4. The fourth-order valence-corrected chi connectivity index (χ4v) is 2.87. The number of guanidine groups is 1. The third kappa shape index (κ3) is 7.91. The number of nitrogens with one attached hydrogen (secondary N) is 1. The maximum absolute atomic E-state index is 12.5. The molecule has 0 unspecified atom stereocenters. The molecular weight excluding hydrogens is 492 g/mol. The van der Waals surface area contributed by atoms with Gasteiger partial charge in [-0.15, -0.1) is 35.3 Å². The Morgan fingerprint density at radius 1 is 1.33 bits per heavy atom. The van der Waals surface area contributed by atoms with Gasteiger partial charge < -0.3 is 15.0 Å². The van der Waals surface area contributed by atoms with E-state index in [0.29, 0.717) is 6.54 Å². The molecule has 0 aliphatic carbocycles. The molecule has 0 aliphatic heterocycles. The number of thiophene rings is 1. The zero-order chi connectivity index (χ0) is 19.0. The third-order valence-electron chi connectivity index (χ3n) is 3.55. The van der Waals surface area contributed by atoms with Crippen LogP contribution < -0.4 is 10.1 Å². The first-order valence-electron chi connectivity index (χ1n) is 8.00. The Balaban J connectivity index is 0.00000364. The molecule has 2 aromatic heterocycles. The van der Waals surface area contributed by atoms with Crippen molar-refractivity contribution in [1.82, 2.24) is 15.2 Å². The molecule has 0 saturated heterocycles. The van der Waals surface area contributed by atoms with Gasteiger partial charge in [-0.2, -0.15) is 13.2 Å². The number of ether oxygens (including phenoxy) is 1. The number of hydrogen-bond acceptors (Lipinski definition) is 4. The fraction of sp³-hybridized carbons (Fsp3) is 0.412. The summed E-state index contributed by atoms with van der Waals surface area (Å²) in [6.07, 6.45) is -2.70. The molecule has 0 atom stereocenters. The number of likely N-dealkylation sites (N-methyl/N-ethyl adjacent to an activating group) is 1. The molecule has 0 amide bonds. The molecule has 150 valence electrons. The van der Waals surface area contributed by atoms with Gasteiger partial charge in [-0.05, 0) is 23.9 Å². The summed E-state index contributed by atoms with van der Waals surface area (Å²) in [5.41, 5.74) is -0.796. The molecule has 0 radical (unpaired) electrons. The van der Waals surface area contributed by atoms with E-state index < -0.39 is 11.7 Å². The second-order valence-corrected chi connectivity index (χ2v) is 6.49. The second-order valence-electron chi connectivity index (χ2n) is 5.46. The highest BCUT2D eigenvalue weighted by atomic mass is 127. The lowest BCUT2D eigenvalue weighted by molar-refractivity contribution is -0.137. The van der Waals surface area contributed by atoms with E-state index in [1.54, 1.807) is 18.4 Å². The molecule has 0 aromatic carbocycles. The number of nitrogens with zero attached hydrogens (tertiary/aromatic N) is 3. The van der Waals surface area contributed by atoms with Crippen molar-refractivity contribution >= 4 is 41.3 Å². The van der Waals surface area contributed by atoms with Crippen molar-refractivity contribution in [3.05, 3.63) is 46.3 Å². The first kappa shape index (κ1) is 23.5. The van der Waals surface area contributed by atoms with Crippen molar-refractivity contribution in [1.29, 1.82) is 0 Å². The maximum atomic E-state index is 12.5. The van der Waals surface area contributed by atoms with Crippen LogP contribution in [0.2, 0.25) is 0 Å². The standard InChI is InChI=1S/C17H21F3N4OS.HI/c1-21-16(24(2)9-7-14-4-3-11-26-14)22-8-10-25-15-6-5-13(12-23-15)17(18,19)20;/h3-6,11-12H,7-10H2,1-2H3,(H,21,22);1H. The lowest BCUT2D eigenvalue weighted by Gasteiger charge is -2.21. The Labute approximate surface area is 177 Å². The summed E-state index contributed by atoms with van der Waals surface area (Å²) in [5, 5.41) is 5.20. The number of halogens is 4. The van der Waals surface area contributed by atoms with Crippen molar-refractivity contribution < 1.29 is 17.9 Å². The van der Waals surface area contributed by atoms with Crippen molar-refractivity contribution in [3.63, 3.8) is 0 Å². The summed E-state index contributed by atoms with van der Waals surface area (Å²) >= 11 is 1.72. The number of aliphatic imine (C=N–C) groups is 1. The largest absolute Gasteiger partial charge is 0.476 e. The van der Waals surface area contributed by atoms with Crippen LogP contribution in [-0.2, 0) is 12.6 Å². The van der Waals surface area contributed by atoms with E-state index in [0.717, 1.165) is 31.2 Å². The van der Waals surface area contributed by atoms with Crippen molar-refractivity contribution in [2.75, 3.05) is 33.8 Å². The predicted molar refractivity (Wildman–Crippen MR) is 112 cm³/mol. The van der Waals surface area contributed by atoms with Gasteiger partial charge >= 0.3 is 6.18 Å². The molecule has 1 N–H and O–H groups in total.